The van der Waals surface area contributed by atoms with Crippen LogP contribution < -0.4 is 0 Å². The Bertz CT molecular complexity index is 377. The molecule has 0 saturated heterocycles. The highest BCUT2D eigenvalue weighted by molar-refractivity contribution is 5.60. The molecule has 0 spiro atoms. The van der Waals surface area contributed by atoms with E-state index >= 15 is 0 Å². The normalized spacial score (nSPS) is 42.8. The summed E-state index contributed by atoms with van der Waals surface area (Å²) < 4.78 is 15.3. The molecule has 5 nitrogen and oxygen atoms in total. The van der Waals surface area contributed by atoms with Gasteiger partial charge in [-0.15, -0.1) is 0 Å². The summed E-state index contributed by atoms with van der Waals surface area (Å²) >= 11 is 0. The van der Waals surface area contributed by atoms with Crippen LogP contribution in [0.25, 0.3) is 0 Å². The minimum absolute atomic E-state index is 0.0129. The molecular formula is C14H20O5. The summed E-state index contributed by atoms with van der Waals surface area (Å²) in [6.07, 6.45) is 5.47. The lowest BCUT2D eigenvalue weighted by Crippen LogP contribution is -2.58. The van der Waals surface area contributed by atoms with Crippen molar-refractivity contribution in [2.24, 2.45) is 17.3 Å². The summed E-state index contributed by atoms with van der Waals surface area (Å²) in [7, 11) is 1.34. The zero-order valence-corrected chi connectivity index (χ0v) is 11.2. The first-order chi connectivity index (χ1) is 9.09. The van der Waals surface area contributed by atoms with E-state index in [-0.39, 0.29) is 11.0 Å². The Labute approximate surface area is 112 Å². The smallest absolute Gasteiger partial charge is 0.467 e. The van der Waals surface area contributed by atoms with Crippen molar-refractivity contribution in [2.75, 3.05) is 13.7 Å². The van der Waals surface area contributed by atoms with Crippen molar-refractivity contribution in [3.63, 3.8) is 0 Å². The van der Waals surface area contributed by atoms with Crippen molar-refractivity contribution >= 4 is 12.6 Å². The molecule has 5 heteroatoms. The number of ether oxygens (including phenoxy) is 3. The fourth-order valence-corrected chi connectivity index (χ4v) is 5.08. The molecular weight excluding hydrogens is 248 g/mol. The Morgan fingerprint density at radius 1 is 1.26 bits per heavy atom. The van der Waals surface area contributed by atoms with E-state index in [1.54, 1.807) is 0 Å². The molecule has 0 aromatic heterocycles. The fourth-order valence-electron chi connectivity index (χ4n) is 5.08. The van der Waals surface area contributed by atoms with Crippen LogP contribution in [-0.2, 0) is 19.0 Å². The van der Waals surface area contributed by atoms with Gasteiger partial charge in [0, 0.05) is 5.41 Å². The van der Waals surface area contributed by atoms with Crippen LogP contribution in [0.2, 0.25) is 0 Å². The van der Waals surface area contributed by atoms with Crippen LogP contribution in [0.4, 0.5) is 4.79 Å². The largest absolute Gasteiger partial charge is 0.508 e. The molecule has 2 atom stereocenters. The monoisotopic (exact) mass is 268 g/mol. The lowest BCUT2D eigenvalue weighted by molar-refractivity contribution is -0.188. The van der Waals surface area contributed by atoms with Gasteiger partial charge in [-0.1, -0.05) is 0 Å². The molecule has 0 amide bonds. The second-order valence-electron chi connectivity index (χ2n) is 6.61. The quantitative estimate of drug-likeness (QED) is 0.578. The molecule has 106 valence electrons. The maximum Gasteiger partial charge on any atom is 0.508 e. The molecule has 4 fully saturated rings. The van der Waals surface area contributed by atoms with Crippen molar-refractivity contribution in [1.82, 2.24) is 0 Å². The van der Waals surface area contributed by atoms with E-state index in [9.17, 15) is 9.59 Å². The second kappa shape index (κ2) is 4.39. The number of methoxy groups -OCH3 is 1. The van der Waals surface area contributed by atoms with Gasteiger partial charge < -0.3 is 14.2 Å². The second-order valence-corrected chi connectivity index (χ2v) is 6.61. The van der Waals surface area contributed by atoms with Gasteiger partial charge in [0.15, 0.2) is 0 Å². The van der Waals surface area contributed by atoms with Crippen molar-refractivity contribution in [3.8, 4) is 0 Å². The van der Waals surface area contributed by atoms with Gasteiger partial charge in [0.05, 0.1) is 13.7 Å². The van der Waals surface area contributed by atoms with Gasteiger partial charge in [-0.3, -0.25) is 4.79 Å². The number of carbonyl (C=O) groups is 2. The molecule has 4 rings (SSSR count). The zero-order chi connectivity index (χ0) is 13.5. The predicted octanol–water partition coefficient (Wildman–Crippen LogP) is 2.28. The lowest BCUT2D eigenvalue weighted by atomic mass is 9.48. The third-order valence-corrected chi connectivity index (χ3v) is 5.05. The van der Waals surface area contributed by atoms with E-state index in [0.717, 1.165) is 32.1 Å². The lowest BCUT2D eigenvalue weighted by Gasteiger charge is -2.60. The predicted molar refractivity (Wildman–Crippen MR) is 65.4 cm³/mol. The maximum atomic E-state index is 11.5. The molecule has 0 aliphatic heterocycles. The number of hydrogen-bond donors (Lipinski definition) is 0. The van der Waals surface area contributed by atoms with E-state index in [1.165, 1.54) is 13.5 Å². The molecule has 4 aliphatic rings. The Balaban J connectivity index is 1.80. The van der Waals surface area contributed by atoms with Crippen molar-refractivity contribution < 1.29 is 23.8 Å². The van der Waals surface area contributed by atoms with Gasteiger partial charge in [0.2, 0.25) is 0 Å². The molecule has 4 aliphatic carbocycles. The standard InChI is InChI=1S/C14H20O5/c1-17-12(16)19-14-5-10-2-11(6-14)4-13(3-10,7-14)8-18-9-15/h9-11H,2-8H2,1H3. The first-order valence-corrected chi connectivity index (χ1v) is 6.91. The van der Waals surface area contributed by atoms with Crippen LogP contribution in [0.3, 0.4) is 0 Å². The molecule has 19 heavy (non-hydrogen) atoms. The average molecular weight is 268 g/mol. The van der Waals surface area contributed by atoms with Gasteiger partial charge in [-0.25, -0.2) is 4.79 Å². The summed E-state index contributed by atoms with van der Waals surface area (Å²) in [5, 5.41) is 0. The van der Waals surface area contributed by atoms with E-state index < -0.39 is 6.16 Å². The SMILES string of the molecule is COC(=O)OC12CC3CC(CC(COC=O)(C3)C1)C2. The highest BCUT2D eigenvalue weighted by Gasteiger charge is 2.60. The van der Waals surface area contributed by atoms with Crippen LogP contribution in [0.15, 0.2) is 0 Å². The molecule has 0 radical (unpaired) electrons. The fraction of sp³-hybridized carbons (Fsp3) is 0.857. The number of carbonyl (C=O) groups excluding carboxylic acids is 2. The minimum atomic E-state index is -0.589. The molecule has 0 aromatic rings. The summed E-state index contributed by atoms with van der Waals surface area (Å²) in [6, 6.07) is 0. The summed E-state index contributed by atoms with van der Waals surface area (Å²) in [6.45, 7) is 0.974. The minimum Gasteiger partial charge on any atom is -0.467 e. The Morgan fingerprint density at radius 2 is 1.95 bits per heavy atom. The van der Waals surface area contributed by atoms with Gasteiger partial charge in [0.25, 0.3) is 6.47 Å². The first kappa shape index (κ1) is 12.8. The molecule has 4 bridgehead atoms. The van der Waals surface area contributed by atoms with Crippen LogP contribution in [-0.4, -0.2) is 31.9 Å². The van der Waals surface area contributed by atoms with Crippen molar-refractivity contribution in [1.29, 1.82) is 0 Å². The van der Waals surface area contributed by atoms with Crippen LogP contribution in [0.1, 0.15) is 38.5 Å². The van der Waals surface area contributed by atoms with Gasteiger partial charge >= 0.3 is 6.16 Å². The van der Waals surface area contributed by atoms with Crippen LogP contribution in [0.5, 0.6) is 0 Å². The van der Waals surface area contributed by atoms with Crippen LogP contribution >= 0.6 is 0 Å². The van der Waals surface area contributed by atoms with Gasteiger partial charge in [-0.05, 0) is 50.4 Å². The average Bonchev–Trinajstić information content (AvgIpc) is 2.34. The molecule has 2 unspecified atom stereocenters. The van der Waals surface area contributed by atoms with Crippen molar-refractivity contribution in [3.05, 3.63) is 0 Å². The Hall–Kier alpha value is -1.26. The van der Waals surface area contributed by atoms with Gasteiger partial charge in [0.1, 0.15) is 5.60 Å². The maximum absolute atomic E-state index is 11.5. The Morgan fingerprint density at radius 3 is 2.53 bits per heavy atom. The van der Waals surface area contributed by atoms with Crippen molar-refractivity contribution in [2.45, 2.75) is 44.1 Å². The molecule has 0 N–H and O–H groups in total. The summed E-state index contributed by atoms with van der Waals surface area (Å²) in [5.41, 5.74) is -0.373. The Kier molecular flexibility index (Phi) is 2.95. The molecule has 0 heterocycles. The van der Waals surface area contributed by atoms with E-state index in [1.807, 2.05) is 0 Å². The van der Waals surface area contributed by atoms with Crippen LogP contribution in [0, 0.1) is 17.3 Å². The van der Waals surface area contributed by atoms with E-state index in [0.29, 0.717) is 24.9 Å². The third kappa shape index (κ3) is 2.19. The van der Waals surface area contributed by atoms with E-state index in [2.05, 4.69) is 4.74 Å². The highest BCUT2D eigenvalue weighted by Crippen LogP contribution is 2.62. The zero-order valence-electron chi connectivity index (χ0n) is 11.2. The summed E-state index contributed by atoms with van der Waals surface area (Å²) in [5.74, 6) is 1.17. The van der Waals surface area contributed by atoms with Gasteiger partial charge in [-0.2, -0.15) is 0 Å². The number of hydrogen-bond acceptors (Lipinski definition) is 5. The molecule has 4 saturated carbocycles. The highest BCUT2D eigenvalue weighted by atomic mass is 16.7. The summed E-state index contributed by atoms with van der Waals surface area (Å²) in [4.78, 5) is 22.0. The topological polar surface area (TPSA) is 61.8 Å². The molecule has 0 aromatic carbocycles. The first-order valence-electron chi connectivity index (χ1n) is 6.91. The van der Waals surface area contributed by atoms with E-state index in [4.69, 9.17) is 9.47 Å². The third-order valence-electron chi connectivity index (χ3n) is 5.05. The number of rotatable bonds is 4.